The summed E-state index contributed by atoms with van der Waals surface area (Å²) in [4.78, 5) is 13.4. The molecule has 0 radical (unpaired) electrons. The van der Waals surface area contributed by atoms with E-state index in [0.29, 0.717) is 6.04 Å². The van der Waals surface area contributed by atoms with Gasteiger partial charge in [-0.3, -0.25) is 9.48 Å². The topological polar surface area (TPSA) is 64.2 Å². The maximum absolute atomic E-state index is 11.5. The highest BCUT2D eigenvalue weighted by Gasteiger charge is 2.24. The van der Waals surface area contributed by atoms with Gasteiger partial charge in [0.2, 0.25) is 5.91 Å². The SMILES string of the molecule is Cc1cnn(C2CCCN(C(=O)CN)C2)c1.Cl.Cl. The Morgan fingerprint density at radius 1 is 1.56 bits per heavy atom. The third-order valence-corrected chi connectivity index (χ3v) is 3.03. The number of nitrogens with two attached hydrogens (primary N) is 1. The first-order valence-corrected chi connectivity index (χ1v) is 5.69. The molecule has 7 heteroatoms. The molecule has 104 valence electrons. The number of halogens is 2. The van der Waals surface area contributed by atoms with Gasteiger partial charge >= 0.3 is 0 Å². The molecule has 1 saturated heterocycles. The Bertz CT molecular complexity index is 383. The molecule has 1 aliphatic rings. The number of nitrogens with zero attached hydrogens (tertiary/aromatic N) is 3. The fourth-order valence-corrected chi connectivity index (χ4v) is 2.16. The molecular formula is C11H20Cl2N4O. The van der Waals surface area contributed by atoms with Gasteiger partial charge in [-0.2, -0.15) is 5.10 Å². The number of carbonyl (C=O) groups excluding carboxylic acids is 1. The number of likely N-dealkylation sites (tertiary alicyclic amines) is 1. The van der Waals surface area contributed by atoms with Crippen LogP contribution in [0.2, 0.25) is 0 Å². The van der Waals surface area contributed by atoms with Crippen LogP contribution in [0.1, 0.15) is 24.4 Å². The summed E-state index contributed by atoms with van der Waals surface area (Å²) in [6.45, 7) is 3.68. The molecule has 0 spiro atoms. The number of aryl methyl sites for hydroxylation is 1. The molecule has 1 atom stereocenters. The zero-order chi connectivity index (χ0) is 11.5. The van der Waals surface area contributed by atoms with E-state index in [1.54, 1.807) is 0 Å². The zero-order valence-electron chi connectivity index (χ0n) is 10.4. The first kappa shape index (κ1) is 17.2. The van der Waals surface area contributed by atoms with E-state index in [9.17, 15) is 4.79 Å². The average Bonchev–Trinajstić information content (AvgIpc) is 2.75. The van der Waals surface area contributed by atoms with Crippen molar-refractivity contribution in [3.8, 4) is 0 Å². The predicted octanol–water partition coefficient (Wildman–Crippen LogP) is 1.16. The van der Waals surface area contributed by atoms with Gasteiger partial charge in [-0.05, 0) is 25.3 Å². The van der Waals surface area contributed by atoms with Crippen LogP contribution in [0.15, 0.2) is 12.4 Å². The minimum absolute atomic E-state index is 0. The van der Waals surface area contributed by atoms with Crippen molar-refractivity contribution in [1.82, 2.24) is 14.7 Å². The third kappa shape index (κ3) is 3.86. The Kier molecular flexibility index (Phi) is 7.28. The number of rotatable bonds is 2. The van der Waals surface area contributed by atoms with Crippen LogP contribution in [0.3, 0.4) is 0 Å². The second-order valence-electron chi connectivity index (χ2n) is 4.34. The van der Waals surface area contributed by atoms with E-state index in [1.165, 1.54) is 0 Å². The second-order valence-corrected chi connectivity index (χ2v) is 4.34. The number of piperidine rings is 1. The van der Waals surface area contributed by atoms with Gasteiger partial charge < -0.3 is 10.6 Å². The van der Waals surface area contributed by atoms with Crippen molar-refractivity contribution in [3.05, 3.63) is 18.0 Å². The van der Waals surface area contributed by atoms with E-state index in [2.05, 4.69) is 5.10 Å². The van der Waals surface area contributed by atoms with Crippen LogP contribution in [0, 0.1) is 6.92 Å². The van der Waals surface area contributed by atoms with Crippen molar-refractivity contribution >= 4 is 30.7 Å². The van der Waals surface area contributed by atoms with E-state index < -0.39 is 0 Å². The van der Waals surface area contributed by atoms with Crippen LogP contribution in [-0.2, 0) is 4.79 Å². The normalized spacial score (nSPS) is 18.8. The van der Waals surface area contributed by atoms with Crippen molar-refractivity contribution in [2.24, 2.45) is 5.73 Å². The molecule has 2 heterocycles. The van der Waals surface area contributed by atoms with Gasteiger partial charge in [-0.25, -0.2) is 0 Å². The fourth-order valence-electron chi connectivity index (χ4n) is 2.16. The van der Waals surface area contributed by atoms with Crippen molar-refractivity contribution in [2.75, 3.05) is 19.6 Å². The van der Waals surface area contributed by atoms with Gasteiger partial charge in [0.1, 0.15) is 0 Å². The standard InChI is InChI=1S/C11H18N4O.2ClH/c1-9-6-13-15(7-9)10-3-2-4-14(8-10)11(16)5-12;;/h6-7,10H,2-5,8,12H2,1H3;2*1H. The van der Waals surface area contributed by atoms with E-state index in [-0.39, 0.29) is 37.3 Å². The molecule has 2 N–H and O–H groups in total. The lowest BCUT2D eigenvalue weighted by Crippen LogP contribution is -2.43. The zero-order valence-corrected chi connectivity index (χ0v) is 12.0. The molecule has 5 nitrogen and oxygen atoms in total. The molecule has 0 saturated carbocycles. The number of aromatic nitrogens is 2. The fraction of sp³-hybridized carbons (Fsp3) is 0.636. The van der Waals surface area contributed by atoms with Crippen LogP contribution in [-0.4, -0.2) is 40.2 Å². The van der Waals surface area contributed by atoms with E-state index in [4.69, 9.17) is 5.73 Å². The lowest BCUT2D eigenvalue weighted by molar-refractivity contribution is -0.131. The Labute approximate surface area is 120 Å². The summed E-state index contributed by atoms with van der Waals surface area (Å²) in [5.74, 6) is 0.0357. The van der Waals surface area contributed by atoms with Crippen molar-refractivity contribution in [1.29, 1.82) is 0 Å². The van der Waals surface area contributed by atoms with Gasteiger partial charge in [0.15, 0.2) is 0 Å². The lowest BCUT2D eigenvalue weighted by Gasteiger charge is -2.32. The van der Waals surface area contributed by atoms with Crippen molar-refractivity contribution < 1.29 is 4.79 Å². The quantitative estimate of drug-likeness (QED) is 0.890. The van der Waals surface area contributed by atoms with E-state index >= 15 is 0 Å². The van der Waals surface area contributed by atoms with Gasteiger partial charge in [0.05, 0.1) is 18.8 Å². The summed E-state index contributed by atoms with van der Waals surface area (Å²) in [5, 5.41) is 4.31. The highest BCUT2D eigenvalue weighted by Crippen LogP contribution is 2.20. The molecule has 1 unspecified atom stereocenters. The second kappa shape index (κ2) is 7.61. The van der Waals surface area contributed by atoms with E-state index in [1.807, 2.05) is 28.9 Å². The summed E-state index contributed by atoms with van der Waals surface area (Å²) in [6.07, 6.45) is 5.98. The molecule has 1 aromatic heterocycles. The average molecular weight is 295 g/mol. The van der Waals surface area contributed by atoms with Crippen LogP contribution in [0.4, 0.5) is 0 Å². The molecule has 0 aliphatic carbocycles. The molecule has 0 aromatic carbocycles. The molecule has 0 bridgehead atoms. The summed E-state index contributed by atoms with van der Waals surface area (Å²) in [6, 6.07) is 0.304. The molecule has 1 aromatic rings. The van der Waals surface area contributed by atoms with Gasteiger partial charge in [0.25, 0.3) is 0 Å². The summed E-state index contributed by atoms with van der Waals surface area (Å²) < 4.78 is 1.96. The monoisotopic (exact) mass is 294 g/mol. The predicted molar refractivity (Wildman–Crippen MR) is 75.4 cm³/mol. The molecule has 1 amide bonds. The highest BCUT2D eigenvalue weighted by atomic mass is 35.5. The number of hydrogen-bond donors (Lipinski definition) is 1. The Hall–Kier alpha value is -0.780. The molecular weight excluding hydrogens is 275 g/mol. The maximum Gasteiger partial charge on any atom is 0.236 e. The highest BCUT2D eigenvalue weighted by molar-refractivity contribution is 5.85. The molecule has 18 heavy (non-hydrogen) atoms. The minimum Gasteiger partial charge on any atom is -0.339 e. The Morgan fingerprint density at radius 2 is 2.28 bits per heavy atom. The Balaban J connectivity index is 0.00000144. The Morgan fingerprint density at radius 3 is 2.83 bits per heavy atom. The van der Waals surface area contributed by atoms with Crippen molar-refractivity contribution in [3.63, 3.8) is 0 Å². The molecule has 1 aliphatic heterocycles. The van der Waals surface area contributed by atoms with Crippen LogP contribution in [0.25, 0.3) is 0 Å². The smallest absolute Gasteiger partial charge is 0.236 e. The largest absolute Gasteiger partial charge is 0.339 e. The van der Waals surface area contributed by atoms with Crippen LogP contribution in [0.5, 0.6) is 0 Å². The van der Waals surface area contributed by atoms with Gasteiger partial charge in [-0.1, -0.05) is 0 Å². The van der Waals surface area contributed by atoms with Crippen LogP contribution >= 0.6 is 24.8 Å². The van der Waals surface area contributed by atoms with Gasteiger partial charge in [-0.15, -0.1) is 24.8 Å². The van der Waals surface area contributed by atoms with Crippen LogP contribution < -0.4 is 5.73 Å². The molecule has 2 rings (SSSR count). The number of carbonyl (C=O) groups is 1. The number of amides is 1. The molecule has 1 fully saturated rings. The lowest BCUT2D eigenvalue weighted by atomic mass is 10.1. The summed E-state index contributed by atoms with van der Waals surface area (Å²) in [7, 11) is 0. The summed E-state index contributed by atoms with van der Waals surface area (Å²) in [5.41, 5.74) is 6.53. The minimum atomic E-state index is 0. The number of hydrogen-bond acceptors (Lipinski definition) is 3. The summed E-state index contributed by atoms with van der Waals surface area (Å²) >= 11 is 0. The van der Waals surface area contributed by atoms with E-state index in [0.717, 1.165) is 31.5 Å². The maximum atomic E-state index is 11.5. The first-order valence-electron chi connectivity index (χ1n) is 5.69. The first-order chi connectivity index (χ1) is 7.70. The van der Waals surface area contributed by atoms with Gasteiger partial charge in [0, 0.05) is 19.3 Å². The third-order valence-electron chi connectivity index (χ3n) is 3.03. The van der Waals surface area contributed by atoms with Crippen molar-refractivity contribution in [2.45, 2.75) is 25.8 Å².